The van der Waals surface area contributed by atoms with Gasteiger partial charge in [-0.1, -0.05) is 13.8 Å². The molecule has 0 spiro atoms. The van der Waals surface area contributed by atoms with Crippen LogP contribution in [0.3, 0.4) is 0 Å². The third-order valence-electron chi connectivity index (χ3n) is 2.01. The van der Waals surface area contributed by atoms with E-state index >= 15 is 0 Å². The lowest BCUT2D eigenvalue weighted by Crippen LogP contribution is -2.44. The minimum Gasteiger partial charge on any atom is -0.468 e. The van der Waals surface area contributed by atoms with Gasteiger partial charge in [-0.25, -0.2) is 0 Å². The minimum absolute atomic E-state index is 0.205. The van der Waals surface area contributed by atoms with Crippen LogP contribution in [0.25, 0.3) is 0 Å². The SMILES string of the molecule is CNC(CN(C)CC(C)C)C(=O)OC. The predicted molar refractivity (Wildman–Crippen MR) is 57.2 cm³/mol. The van der Waals surface area contributed by atoms with Crippen LogP contribution in [0.1, 0.15) is 13.8 Å². The fourth-order valence-corrected chi connectivity index (χ4v) is 1.44. The third kappa shape index (κ3) is 5.19. The summed E-state index contributed by atoms with van der Waals surface area (Å²) in [7, 11) is 5.19. The summed E-state index contributed by atoms with van der Waals surface area (Å²) in [4.78, 5) is 13.4. The van der Waals surface area contributed by atoms with Gasteiger partial charge in [0.05, 0.1) is 7.11 Å². The Morgan fingerprint density at radius 1 is 1.43 bits per heavy atom. The topological polar surface area (TPSA) is 41.6 Å². The molecular formula is C10H22N2O2. The molecule has 14 heavy (non-hydrogen) atoms. The first-order valence-electron chi connectivity index (χ1n) is 4.94. The summed E-state index contributed by atoms with van der Waals surface area (Å²) < 4.78 is 4.68. The zero-order valence-electron chi connectivity index (χ0n) is 9.83. The van der Waals surface area contributed by atoms with Gasteiger partial charge in [-0.3, -0.25) is 4.79 Å². The highest BCUT2D eigenvalue weighted by atomic mass is 16.5. The number of carbonyl (C=O) groups is 1. The maximum absolute atomic E-state index is 11.3. The molecule has 0 rings (SSSR count). The van der Waals surface area contributed by atoms with E-state index in [0.717, 1.165) is 6.54 Å². The summed E-state index contributed by atoms with van der Waals surface area (Å²) >= 11 is 0. The second-order valence-electron chi connectivity index (χ2n) is 3.98. The van der Waals surface area contributed by atoms with Crippen molar-refractivity contribution in [1.29, 1.82) is 0 Å². The van der Waals surface area contributed by atoms with Crippen LogP contribution in [-0.2, 0) is 9.53 Å². The molecule has 84 valence electrons. The molecule has 1 N–H and O–H groups in total. The average molecular weight is 202 g/mol. The lowest BCUT2D eigenvalue weighted by Gasteiger charge is -2.23. The Bertz CT molecular complexity index is 172. The molecule has 0 heterocycles. The van der Waals surface area contributed by atoms with Crippen molar-refractivity contribution in [3.63, 3.8) is 0 Å². The van der Waals surface area contributed by atoms with Crippen molar-refractivity contribution < 1.29 is 9.53 Å². The molecule has 0 aromatic rings. The summed E-state index contributed by atoms with van der Waals surface area (Å²) in [6.45, 7) is 5.97. The van der Waals surface area contributed by atoms with E-state index in [2.05, 4.69) is 28.8 Å². The molecule has 0 aliphatic rings. The Morgan fingerprint density at radius 2 is 2.00 bits per heavy atom. The fraction of sp³-hybridized carbons (Fsp3) is 0.900. The molecule has 0 bridgehead atoms. The van der Waals surface area contributed by atoms with Gasteiger partial charge in [0.1, 0.15) is 6.04 Å². The van der Waals surface area contributed by atoms with Crippen molar-refractivity contribution >= 4 is 5.97 Å². The molecule has 1 atom stereocenters. The van der Waals surface area contributed by atoms with Crippen molar-refractivity contribution in [3.8, 4) is 0 Å². The van der Waals surface area contributed by atoms with E-state index in [9.17, 15) is 4.79 Å². The molecule has 0 aromatic carbocycles. The van der Waals surface area contributed by atoms with Crippen LogP contribution in [0.5, 0.6) is 0 Å². The molecule has 4 nitrogen and oxygen atoms in total. The number of nitrogens with one attached hydrogen (secondary N) is 1. The first-order chi connectivity index (χ1) is 6.51. The average Bonchev–Trinajstić information content (AvgIpc) is 2.11. The molecule has 0 aromatic heterocycles. The highest BCUT2D eigenvalue weighted by molar-refractivity contribution is 5.75. The Kier molecular flexibility index (Phi) is 6.49. The number of rotatable bonds is 6. The largest absolute Gasteiger partial charge is 0.468 e. The van der Waals surface area contributed by atoms with Gasteiger partial charge in [0.25, 0.3) is 0 Å². The van der Waals surface area contributed by atoms with E-state index in [-0.39, 0.29) is 12.0 Å². The highest BCUT2D eigenvalue weighted by Gasteiger charge is 2.18. The van der Waals surface area contributed by atoms with E-state index in [1.807, 2.05) is 7.05 Å². The maximum Gasteiger partial charge on any atom is 0.324 e. The number of likely N-dealkylation sites (N-methyl/N-ethyl adjacent to an activating group) is 2. The van der Waals surface area contributed by atoms with Crippen LogP contribution in [0.4, 0.5) is 0 Å². The molecule has 4 heteroatoms. The van der Waals surface area contributed by atoms with Crippen LogP contribution in [-0.4, -0.2) is 51.2 Å². The number of ether oxygens (including phenoxy) is 1. The lowest BCUT2D eigenvalue weighted by molar-refractivity contribution is -0.143. The molecule has 1 unspecified atom stereocenters. The maximum atomic E-state index is 11.3. The lowest BCUT2D eigenvalue weighted by atomic mass is 10.2. The summed E-state index contributed by atoms with van der Waals surface area (Å²) in [5.41, 5.74) is 0. The number of hydrogen-bond donors (Lipinski definition) is 1. The Hall–Kier alpha value is -0.610. The van der Waals surface area contributed by atoms with E-state index in [1.165, 1.54) is 7.11 Å². The normalized spacial score (nSPS) is 13.4. The minimum atomic E-state index is -0.233. The van der Waals surface area contributed by atoms with Crippen LogP contribution < -0.4 is 5.32 Å². The van der Waals surface area contributed by atoms with E-state index in [0.29, 0.717) is 12.5 Å². The summed E-state index contributed by atoms with van der Waals surface area (Å²) in [5.74, 6) is 0.401. The Balaban J connectivity index is 3.98. The second kappa shape index (κ2) is 6.79. The van der Waals surface area contributed by atoms with E-state index in [4.69, 9.17) is 0 Å². The monoisotopic (exact) mass is 202 g/mol. The summed E-state index contributed by atoms with van der Waals surface area (Å²) in [6.07, 6.45) is 0. The summed E-state index contributed by atoms with van der Waals surface area (Å²) in [5, 5.41) is 2.94. The van der Waals surface area contributed by atoms with Crippen LogP contribution >= 0.6 is 0 Å². The molecule has 0 aliphatic carbocycles. The van der Waals surface area contributed by atoms with E-state index in [1.54, 1.807) is 7.05 Å². The molecule has 0 fully saturated rings. The standard InChI is InChI=1S/C10H22N2O2/c1-8(2)6-12(4)7-9(11-3)10(13)14-5/h8-9,11H,6-7H2,1-5H3. The van der Waals surface area contributed by atoms with Crippen LogP contribution in [0.2, 0.25) is 0 Å². The fourth-order valence-electron chi connectivity index (χ4n) is 1.44. The van der Waals surface area contributed by atoms with Crippen LogP contribution in [0, 0.1) is 5.92 Å². The number of methoxy groups -OCH3 is 1. The van der Waals surface area contributed by atoms with Gasteiger partial charge >= 0.3 is 5.97 Å². The number of nitrogens with zero attached hydrogens (tertiary/aromatic N) is 1. The zero-order chi connectivity index (χ0) is 11.1. The molecule has 0 aliphatic heterocycles. The first-order valence-corrected chi connectivity index (χ1v) is 4.94. The Labute approximate surface area is 86.6 Å². The van der Waals surface area contributed by atoms with Crippen molar-refractivity contribution in [2.45, 2.75) is 19.9 Å². The van der Waals surface area contributed by atoms with Gasteiger partial charge < -0.3 is 15.0 Å². The molecule has 0 radical (unpaired) electrons. The van der Waals surface area contributed by atoms with Gasteiger partial charge in [-0.2, -0.15) is 0 Å². The van der Waals surface area contributed by atoms with Gasteiger partial charge in [0, 0.05) is 13.1 Å². The van der Waals surface area contributed by atoms with E-state index < -0.39 is 0 Å². The van der Waals surface area contributed by atoms with Gasteiger partial charge in [0.15, 0.2) is 0 Å². The number of carbonyl (C=O) groups excluding carboxylic acids is 1. The van der Waals surface area contributed by atoms with Gasteiger partial charge in [-0.05, 0) is 20.0 Å². The Morgan fingerprint density at radius 3 is 2.36 bits per heavy atom. The molecular weight excluding hydrogens is 180 g/mol. The summed E-state index contributed by atoms with van der Waals surface area (Å²) in [6, 6.07) is -0.233. The second-order valence-corrected chi connectivity index (χ2v) is 3.98. The zero-order valence-corrected chi connectivity index (χ0v) is 9.83. The van der Waals surface area contributed by atoms with Gasteiger partial charge in [0.2, 0.25) is 0 Å². The molecule has 0 saturated carbocycles. The van der Waals surface area contributed by atoms with Crippen LogP contribution in [0.15, 0.2) is 0 Å². The van der Waals surface area contributed by atoms with Gasteiger partial charge in [-0.15, -0.1) is 0 Å². The smallest absolute Gasteiger partial charge is 0.324 e. The first kappa shape index (κ1) is 13.4. The van der Waals surface area contributed by atoms with Crippen molar-refractivity contribution in [1.82, 2.24) is 10.2 Å². The molecule has 0 amide bonds. The molecule has 0 saturated heterocycles. The highest BCUT2D eigenvalue weighted by Crippen LogP contribution is 1.98. The number of hydrogen-bond acceptors (Lipinski definition) is 4. The van der Waals surface area contributed by atoms with Crippen molar-refractivity contribution in [2.24, 2.45) is 5.92 Å². The number of esters is 1. The van der Waals surface area contributed by atoms with Crippen molar-refractivity contribution in [2.75, 3.05) is 34.3 Å². The third-order valence-corrected chi connectivity index (χ3v) is 2.01. The van der Waals surface area contributed by atoms with Crippen molar-refractivity contribution in [3.05, 3.63) is 0 Å². The quantitative estimate of drug-likeness (QED) is 0.630. The predicted octanol–water partition coefficient (Wildman–Crippen LogP) is 0.335.